The summed E-state index contributed by atoms with van der Waals surface area (Å²) in [5, 5.41) is 2.94. The molecule has 5 heteroatoms. The minimum Gasteiger partial charge on any atom is -0.337 e. The Morgan fingerprint density at radius 2 is 2.08 bits per heavy atom. The molecular formula is C20H20N4O. The van der Waals surface area contributed by atoms with Crippen molar-refractivity contribution < 1.29 is 4.79 Å². The van der Waals surface area contributed by atoms with Crippen LogP contribution in [0.3, 0.4) is 0 Å². The highest BCUT2D eigenvalue weighted by molar-refractivity contribution is 6.03. The molecule has 0 saturated carbocycles. The zero-order chi connectivity index (χ0) is 17.2. The standard InChI is InChI=1S/C20H20N4O/c1-24-13-17(14-7-3-2-4-8-14)22-19(24)12-11-18-21-16-10-6-5-9-15(16)20(25)23-18/h2-8,10,13,15H,9,11-12H2,1H3,(H,21,23,25). The first kappa shape index (κ1) is 15.6. The summed E-state index contributed by atoms with van der Waals surface area (Å²) in [6.07, 6.45) is 10.1. The van der Waals surface area contributed by atoms with E-state index in [9.17, 15) is 4.79 Å². The van der Waals surface area contributed by atoms with Gasteiger partial charge in [-0.3, -0.25) is 4.79 Å². The van der Waals surface area contributed by atoms with Gasteiger partial charge in [-0.05, 0) is 12.5 Å². The minimum absolute atomic E-state index is 0.0467. The number of hydrogen-bond acceptors (Lipinski definition) is 3. The molecule has 2 aromatic rings. The number of allylic oxidation sites excluding steroid dienone is 3. The third kappa shape index (κ3) is 3.18. The van der Waals surface area contributed by atoms with Crippen LogP contribution in [0, 0.1) is 5.92 Å². The molecule has 0 radical (unpaired) electrons. The van der Waals surface area contributed by atoms with Crippen LogP contribution in [0.1, 0.15) is 18.7 Å². The molecular weight excluding hydrogens is 312 g/mol. The lowest BCUT2D eigenvalue weighted by atomic mass is 9.94. The fraction of sp³-hybridized carbons (Fsp3) is 0.250. The second-order valence-corrected chi connectivity index (χ2v) is 6.38. The van der Waals surface area contributed by atoms with Gasteiger partial charge in [-0.25, -0.2) is 9.98 Å². The van der Waals surface area contributed by atoms with E-state index in [0.717, 1.165) is 41.5 Å². The van der Waals surface area contributed by atoms with Gasteiger partial charge in [0.2, 0.25) is 5.91 Å². The Labute approximate surface area is 146 Å². The molecule has 2 aliphatic rings. The van der Waals surface area contributed by atoms with E-state index in [4.69, 9.17) is 4.98 Å². The number of aryl methyl sites for hydroxylation is 2. The molecule has 0 fully saturated rings. The molecule has 1 aliphatic carbocycles. The van der Waals surface area contributed by atoms with Crippen molar-refractivity contribution in [3.05, 3.63) is 66.3 Å². The van der Waals surface area contributed by atoms with E-state index in [1.54, 1.807) is 0 Å². The molecule has 2 heterocycles. The first-order valence-corrected chi connectivity index (χ1v) is 8.53. The third-order valence-electron chi connectivity index (χ3n) is 4.61. The zero-order valence-corrected chi connectivity index (χ0v) is 14.1. The fourth-order valence-electron chi connectivity index (χ4n) is 3.22. The van der Waals surface area contributed by atoms with Crippen LogP contribution in [0.15, 0.2) is 65.4 Å². The molecule has 1 unspecified atom stereocenters. The number of aromatic nitrogens is 2. The predicted molar refractivity (Wildman–Crippen MR) is 97.9 cm³/mol. The number of benzene rings is 1. The quantitative estimate of drug-likeness (QED) is 0.935. The smallest absolute Gasteiger partial charge is 0.234 e. The number of amidine groups is 1. The number of nitrogens with one attached hydrogen (secondary N) is 1. The first-order chi connectivity index (χ1) is 12.2. The molecule has 1 atom stereocenters. The maximum Gasteiger partial charge on any atom is 0.234 e. The number of rotatable bonds is 4. The van der Waals surface area contributed by atoms with Gasteiger partial charge in [0.05, 0.1) is 17.3 Å². The summed E-state index contributed by atoms with van der Waals surface area (Å²) in [5.74, 6) is 1.62. The van der Waals surface area contributed by atoms with Gasteiger partial charge in [0.1, 0.15) is 11.7 Å². The number of fused-ring (bicyclic) bond motifs is 1. The van der Waals surface area contributed by atoms with Gasteiger partial charge in [-0.1, -0.05) is 42.5 Å². The average Bonchev–Trinajstić information content (AvgIpc) is 3.02. The fourth-order valence-corrected chi connectivity index (χ4v) is 3.22. The lowest BCUT2D eigenvalue weighted by Crippen LogP contribution is -2.41. The van der Waals surface area contributed by atoms with Crippen molar-refractivity contribution in [2.75, 3.05) is 0 Å². The zero-order valence-electron chi connectivity index (χ0n) is 14.1. The van der Waals surface area contributed by atoms with Crippen LogP contribution >= 0.6 is 0 Å². The Morgan fingerprint density at radius 3 is 2.92 bits per heavy atom. The van der Waals surface area contributed by atoms with E-state index in [2.05, 4.69) is 22.4 Å². The highest BCUT2D eigenvalue weighted by atomic mass is 16.2. The van der Waals surface area contributed by atoms with Crippen molar-refractivity contribution >= 4 is 11.7 Å². The summed E-state index contributed by atoms with van der Waals surface area (Å²) in [6.45, 7) is 0. The molecule has 1 amide bonds. The van der Waals surface area contributed by atoms with E-state index in [-0.39, 0.29) is 11.8 Å². The SMILES string of the molecule is Cn1cc(-c2ccccc2)nc1CCC1=NC2=CC=CCC2C(=O)N1. The molecule has 0 saturated heterocycles. The number of amides is 1. The Hall–Kier alpha value is -2.95. The molecule has 4 rings (SSSR count). The van der Waals surface area contributed by atoms with Crippen LogP contribution in [0.25, 0.3) is 11.3 Å². The predicted octanol–water partition coefficient (Wildman–Crippen LogP) is 3.01. The largest absolute Gasteiger partial charge is 0.337 e. The molecule has 126 valence electrons. The van der Waals surface area contributed by atoms with Gasteiger partial charge >= 0.3 is 0 Å². The summed E-state index contributed by atoms with van der Waals surface area (Å²) in [4.78, 5) is 21.6. The summed E-state index contributed by atoms with van der Waals surface area (Å²) in [5.41, 5.74) is 2.94. The van der Waals surface area contributed by atoms with E-state index in [0.29, 0.717) is 6.42 Å². The summed E-state index contributed by atoms with van der Waals surface area (Å²) in [7, 11) is 2.00. The second kappa shape index (κ2) is 6.51. The molecule has 1 N–H and O–H groups in total. The van der Waals surface area contributed by atoms with Crippen LogP contribution in [0.2, 0.25) is 0 Å². The van der Waals surface area contributed by atoms with Crippen LogP contribution in [0.4, 0.5) is 0 Å². The normalized spacial score (nSPS) is 19.1. The van der Waals surface area contributed by atoms with Crippen molar-refractivity contribution in [1.82, 2.24) is 14.9 Å². The number of nitrogens with zero attached hydrogens (tertiary/aromatic N) is 3. The van der Waals surface area contributed by atoms with E-state index in [1.165, 1.54) is 0 Å². The van der Waals surface area contributed by atoms with Crippen molar-refractivity contribution in [2.24, 2.45) is 18.0 Å². The molecule has 0 spiro atoms. The Bertz CT molecular complexity index is 890. The topological polar surface area (TPSA) is 59.3 Å². The van der Waals surface area contributed by atoms with Crippen LogP contribution in [0.5, 0.6) is 0 Å². The van der Waals surface area contributed by atoms with Gasteiger partial charge < -0.3 is 9.88 Å². The number of aliphatic imine (C=N–C) groups is 1. The van der Waals surface area contributed by atoms with Crippen molar-refractivity contribution in [2.45, 2.75) is 19.3 Å². The van der Waals surface area contributed by atoms with Gasteiger partial charge in [0.25, 0.3) is 0 Å². The lowest BCUT2D eigenvalue weighted by Gasteiger charge is -2.24. The molecule has 1 aromatic carbocycles. The number of hydrogen-bond donors (Lipinski definition) is 1. The molecule has 5 nitrogen and oxygen atoms in total. The third-order valence-corrected chi connectivity index (χ3v) is 4.61. The number of carbonyl (C=O) groups is 1. The average molecular weight is 332 g/mol. The highest BCUT2D eigenvalue weighted by Crippen LogP contribution is 2.25. The molecule has 1 aromatic heterocycles. The second-order valence-electron chi connectivity index (χ2n) is 6.38. The number of carbonyl (C=O) groups excluding carboxylic acids is 1. The Morgan fingerprint density at radius 1 is 1.24 bits per heavy atom. The Kier molecular flexibility index (Phi) is 4.06. The summed E-state index contributed by atoms with van der Waals surface area (Å²) < 4.78 is 2.04. The number of imidazole rings is 1. The van der Waals surface area contributed by atoms with Gasteiger partial charge in [0.15, 0.2) is 0 Å². The van der Waals surface area contributed by atoms with Crippen LogP contribution in [-0.4, -0.2) is 21.3 Å². The van der Waals surface area contributed by atoms with E-state index >= 15 is 0 Å². The van der Waals surface area contributed by atoms with Crippen molar-refractivity contribution in [3.8, 4) is 11.3 Å². The summed E-state index contributed by atoms with van der Waals surface area (Å²) in [6, 6.07) is 10.1. The highest BCUT2D eigenvalue weighted by Gasteiger charge is 2.28. The van der Waals surface area contributed by atoms with Crippen LogP contribution < -0.4 is 5.32 Å². The van der Waals surface area contributed by atoms with Gasteiger partial charge in [-0.2, -0.15) is 0 Å². The van der Waals surface area contributed by atoms with Crippen LogP contribution in [-0.2, 0) is 18.3 Å². The molecule has 1 aliphatic heterocycles. The maximum absolute atomic E-state index is 12.2. The van der Waals surface area contributed by atoms with E-state index in [1.807, 2.05) is 54.2 Å². The summed E-state index contributed by atoms with van der Waals surface area (Å²) >= 11 is 0. The van der Waals surface area contributed by atoms with Crippen molar-refractivity contribution in [1.29, 1.82) is 0 Å². The first-order valence-electron chi connectivity index (χ1n) is 8.53. The lowest BCUT2D eigenvalue weighted by molar-refractivity contribution is -0.122. The monoisotopic (exact) mass is 332 g/mol. The Balaban J connectivity index is 1.49. The minimum atomic E-state index is -0.133. The van der Waals surface area contributed by atoms with E-state index < -0.39 is 0 Å². The van der Waals surface area contributed by atoms with Gasteiger partial charge in [0, 0.05) is 31.6 Å². The van der Waals surface area contributed by atoms with Gasteiger partial charge in [-0.15, -0.1) is 0 Å². The molecule has 0 bridgehead atoms. The molecule has 25 heavy (non-hydrogen) atoms. The van der Waals surface area contributed by atoms with Crippen molar-refractivity contribution in [3.63, 3.8) is 0 Å². The maximum atomic E-state index is 12.2.